The number of thioether (sulfide) groups is 1. The van der Waals surface area contributed by atoms with Crippen LogP contribution < -0.4 is 15.8 Å². The highest BCUT2D eigenvalue weighted by Crippen LogP contribution is 2.29. The molecule has 2 aromatic rings. The van der Waals surface area contributed by atoms with Crippen LogP contribution in [0.25, 0.3) is 0 Å². The van der Waals surface area contributed by atoms with Crippen molar-refractivity contribution in [2.75, 3.05) is 23.9 Å². The van der Waals surface area contributed by atoms with Gasteiger partial charge in [-0.05, 0) is 42.9 Å². The van der Waals surface area contributed by atoms with E-state index in [0.717, 1.165) is 35.7 Å². The number of unbranched alkanes of at least 4 members (excludes halogenated alkanes) is 2. The third-order valence-electron chi connectivity index (χ3n) is 3.61. The van der Waals surface area contributed by atoms with E-state index in [-0.39, 0.29) is 5.91 Å². The highest BCUT2D eigenvalue weighted by atomic mass is 32.2. The van der Waals surface area contributed by atoms with Crippen molar-refractivity contribution in [3.8, 4) is 5.75 Å². The van der Waals surface area contributed by atoms with Crippen LogP contribution in [0.3, 0.4) is 0 Å². The second-order valence-corrected chi connectivity index (χ2v) is 6.58. The second-order valence-electron chi connectivity index (χ2n) is 5.45. The Kier molecular flexibility index (Phi) is 7.49. The molecule has 0 unspecified atom stereocenters. The fourth-order valence-corrected chi connectivity index (χ4v) is 3.34. The van der Waals surface area contributed by atoms with Gasteiger partial charge in [-0.15, -0.1) is 11.8 Å². The van der Waals surface area contributed by atoms with Crippen molar-refractivity contribution in [1.29, 1.82) is 0 Å². The number of rotatable bonds is 9. The first kappa shape index (κ1) is 18.2. The van der Waals surface area contributed by atoms with Crippen molar-refractivity contribution >= 4 is 29.0 Å². The van der Waals surface area contributed by atoms with Crippen molar-refractivity contribution in [2.24, 2.45) is 0 Å². The predicted octanol–water partition coefficient (Wildman–Crippen LogP) is 4.57. The molecule has 0 aliphatic rings. The van der Waals surface area contributed by atoms with E-state index in [4.69, 9.17) is 10.5 Å². The van der Waals surface area contributed by atoms with Crippen molar-refractivity contribution < 1.29 is 9.53 Å². The fourth-order valence-electron chi connectivity index (χ4n) is 2.31. The molecule has 0 aromatic heterocycles. The van der Waals surface area contributed by atoms with Gasteiger partial charge in [0.15, 0.2) is 0 Å². The van der Waals surface area contributed by atoms with Gasteiger partial charge in [-0.25, -0.2) is 0 Å². The second kappa shape index (κ2) is 9.88. The van der Waals surface area contributed by atoms with Crippen LogP contribution in [0.5, 0.6) is 5.75 Å². The molecule has 0 aliphatic carbocycles. The third kappa shape index (κ3) is 5.81. The molecule has 0 bridgehead atoms. The van der Waals surface area contributed by atoms with E-state index in [0.29, 0.717) is 17.8 Å². The summed E-state index contributed by atoms with van der Waals surface area (Å²) < 4.78 is 5.34. The van der Waals surface area contributed by atoms with Crippen LogP contribution in [-0.2, 0) is 4.79 Å². The molecule has 1 amide bonds. The third-order valence-corrected chi connectivity index (χ3v) is 4.75. The van der Waals surface area contributed by atoms with Crippen LogP contribution in [0.15, 0.2) is 53.4 Å². The lowest BCUT2D eigenvalue weighted by Crippen LogP contribution is -2.12. The van der Waals surface area contributed by atoms with E-state index < -0.39 is 0 Å². The largest absolute Gasteiger partial charge is 0.496 e. The molecular formula is C19H24N2O2S. The van der Waals surface area contributed by atoms with Crippen LogP contribution in [0, 0.1) is 0 Å². The molecule has 4 nitrogen and oxygen atoms in total. The van der Waals surface area contributed by atoms with Crippen molar-refractivity contribution in [3.63, 3.8) is 0 Å². The zero-order valence-corrected chi connectivity index (χ0v) is 14.8. The summed E-state index contributed by atoms with van der Waals surface area (Å²) in [6.07, 6.45) is 3.50. The maximum absolute atomic E-state index is 11.9. The summed E-state index contributed by atoms with van der Waals surface area (Å²) in [5.41, 5.74) is 7.10. The number of nitrogen functional groups attached to an aromatic ring is 1. The first-order chi connectivity index (χ1) is 11.7. The smallest absolute Gasteiger partial charge is 0.224 e. The Bertz CT molecular complexity index is 661. The number of benzene rings is 2. The summed E-state index contributed by atoms with van der Waals surface area (Å²) in [5, 5.41) is 2.86. The molecule has 0 saturated heterocycles. The van der Waals surface area contributed by atoms with E-state index in [1.807, 2.05) is 36.4 Å². The summed E-state index contributed by atoms with van der Waals surface area (Å²) in [6, 6.07) is 15.3. The van der Waals surface area contributed by atoms with E-state index in [1.165, 1.54) is 0 Å². The van der Waals surface area contributed by atoms with Gasteiger partial charge in [0, 0.05) is 11.3 Å². The molecule has 0 radical (unpaired) electrons. The Balaban J connectivity index is 1.61. The number of hydrogen-bond acceptors (Lipinski definition) is 4. The van der Waals surface area contributed by atoms with Gasteiger partial charge in [0.1, 0.15) is 5.75 Å². The molecule has 3 N–H and O–H groups in total. The Hall–Kier alpha value is -2.14. The van der Waals surface area contributed by atoms with Gasteiger partial charge >= 0.3 is 0 Å². The number of nitrogens with two attached hydrogens (primary N) is 1. The van der Waals surface area contributed by atoms with Gasteiger partial charge in [0.25, 0.3) is 0 Å². The molecule has 0 spiro atoms. The minimum absolute atomic E-state index is 0.0188. The fraction of sp³-hybridized carbons (Fsp3) is 0.316. The van der Waals surface area contributed by atoms with Crippen molar-refractivity contribution in [3.05, 3.63) is 48.5 Å². The first-order valence-corrected chi connectivity index (χ1v) is 9.09. The summed E-state index contributed by atoms with van der Waals surface area (Å²) in [6.45, 7) is 0. The normalized spacial score (nSPS) is 10.4. The predicted molar refractivity (Wildman–Crippen MR) is 102 cm³/mol. The maximum atomic E-state index is 11.9. The lowest BCUT2D eigenvalue weighted by atomic mass is 10.2. The Morgan fingerprint density at radius 1 is 1.08 bits per heavy atom. The van der Waals surface area contributed by atoms with Crippen molar-refractivity contribution in [2.45, 2.75) is 30.6 Å². The standard InChI is InChI=1S/C19H24N2O2S/c1-23-17-11-6-7-12-18(17)24-14-8-2-3-13-19(22)21-16-10-5-4-9-15(16)20/h4-7,9-12H,2-3,8,13-14,20H2,1H3,(H,21,22). The average molecular weight is 344 g/mol. The molecule has 0 fully saturated rings. The summed E-state index contributed by atoms with van der Waals surface area (Å²) in [4.78, 5) is 13.1. The zero-order chi connectivity index (χ0) is 17.2. The number of methoxy groups -OCH3 is 1. The van der Waals surface area contributed by atoms with E-state index in [2.05, 4.69) is 11.4 Å². The molecule has 2 aromatic carbocycles. The molecule has 0 saturated carbocycles. The van der Waals surface area contributed by atoms with Gasteiger partial charge in [-0.2, -0.15) is 0 Å². The van der Waals surface area contributed by atoms with Crippen LogP contribution in [-0.4, -0.2) is 18.8 Å². The van der Waals surface area contributed by atoms with E-state index in [9.17, 15) is 4.79 Å². The maximum Gasteiger partial charge on any atom is 0.224 e. The molecule has 128 valence electrons. The SMILES string of the molecule is COc1ccccc1SCCCCCC(=O)Nc1ccccc1N. The van der Waals surface area contributed by atoms with Crippen LogP contribution in [0.4, 0.5) is 11.4 Å². The average Bonchev–Trinajstić information content (AvgIpc) is 2.60. The minimum atomic E-state index is 0.0188. The first-order valence-electron chi connectivity index (χ1n) is 8.11. The van der Waals surface area contributed by atoms with Gasteiger partial charge in [0.2, 0.25) is 5.91 Å². The lowest BCUT2D eigenvalue weighted by Gasteiger charge is -2.08. The number of hydrogen-bond donors (Lipinski definition) is 2. The number of nitrogens with one attached hydrogen (secondary N) is 1. The molecule has 0 aliphatic heterocycles. The van der Waals surface area contributed by atoms with Crippen LogP contribution in [0.1, 0.15) is 25.7 Å². The topological polar surface area (TPSA) is 64.3 Å². The summed E-state index contributed by atoms with van der Waals surface area (Å²) >= 11 is 1.79. The number of para-hydroxylation sites is 3. The number of carbonyl (C=O) groups is 1. The molecule has 24 heavy (non-hydrogen) atoms. The van der Waals surface area contributed by atoms with Crippen molar-refractivity contribution in [1.82, 2.24) is 0 Å². The minimum Gasteiger partial charge on any atom is -0.496 e. The van der Waals surface area contributed by atoms with Crippen LogP contribution >= 0.6 is 11.8 Å². The Morgan fingerprint density at radius 2 is 1.83 bits per heavy atom. The van der Waals surface area contributed by atoms with Gasteiger partial charge in [-0.1, -0.05) is 30.7 Å². The van der Waals surface area contributed by atoms with E-state index >= 15 is 0 Å². The quantitative estimate of drug-likeness (QED) is 0.397. The zero-order valence-electron chi connectivity index (χ0n) is 14.0. The monoisotopic (exact) mass is 344 g/mol. The number of amides is 1. The summed E-state index contributed by atoms with van der Waals surface area (Å²) in [7, 11) is 1.69. The summed E-state index contributed by atoms with van der Waals surface area (Å²) in [5.74, 6) is 1.96. The molecular weight excluding hydrogens is 320 g/mol. The van der Waals surface area contributed by atoms with Gasteiger partial charge < -0.3 is 15.8 Å². The molecule has 2 rings (SSSR count). The number of anilines is 2. The number of carbonyl (C=O) groups excluding carboxylic acids is 1. The Morgan fingerprint density at radius 3 is 2.62 bits per heavy atom. The lowest BCUT2D eigenvalue weighted by molar-refractivity contribution is -0.116. The molecule has 5 heteroatoms. The van der Waals surface area contributed by atoms with Gasteiger partial charge in [-0.3, -0.25) is 4.79 Å². The highest BCUT2D eigenvalue weighted by Gasteiger charge is 2.05. The molecule has 0 atom stereocenters. The Labute approximate surface area is 147 Å². The highest BCUT2D eigenvalue weighted by molar-refractivity contribution is 7.99. The number of ether oxygens (including phenoxy) is 1. The van der Waals surface area contributed by atoms with Crippen LogP contribution in [0.2, 0.25) is 0 Å². The van der Waals surface area contributed by atoms with E-state index in [1.54, 1.807) is 24.9 Å². The molecule has 0 heterocycles. The van der Waals surface area contributed by atoms with Gasteiger partial charge in [0.05, 0.1) is 18.5 Å².